The summed E-state index contributed by atoms with van der Waals surface area (Å²) in [7, 11) is 0. The number of ketones is 1. The minimum absolute atomic E-state index is 0.0412. The molecule has 1 atom stereocenters. The van der Waals surface area contributed by atoms with Gasteiger partial charge in [-0.3, -0.25) is 4.79 Å². The van der Waals surface area contributed by atoms with Gasteiger partial charge in [-0.2, -0.15) is 0 Å². The molecule has 3 N–H and O–H groups in total. The molecular formula is C15H11O6-. The average Bonchev–Trinajstić information content (AvgIpc) is 2.39. The number of carbonyl (C=O) groups is 1. The van der Waals surface area contributed by atoms with Gasteiger partial charge >= 0.3 is 0 Å². The van der Waals surface area contributed by atoms with Crippen molar-refractivity contribution >= 4 is 5.78 Å². The molecule has 3 rings (SSSR count). The molecule has 2 aromatic rings. The summed E-state index contributed by atoms with van der Waals surface area (Å²) in [6.07, 6.45) is 0. The molecule has 1 heterocycles. The van der Waals surface area contributed by atoms with Crippen LogP contribution in [0, 0.1) is 0 Å². The van der Waals surface area contributed by atoms with Crippen LogP contribution in [-0.2, 0) is 0 Å². The minimum atomic E-state index is -0.838. The van der Waals surface area contributed by atoms with Crippen molar-refractivity contribution in [1.82, 2.24) is 0 Å². The molecule has 0 radical (unpaired) electrons. The maximum absolute atomic E-state index is 12.5. The summed E-state index contributed by atoms with van der Waals surface area (Å²) >= 11 is 0. The van der Waals surface area contributed by atoms with Gasteiger partial charge in [-0.1, -0.05) is 11.8 Å². The summed E-state index contributed by atoms with van der Waals surface area (Å²) in [6.45, 7) is -0.0624. The molecule has 0 spiro atoms. The number of ether oxygens (including phenoxy) is 1. The van der Waals surface area contributed by atoms with Gasteiger partial charge in [-0.25, -0.2) is 0 Å². The third-order valence-electron chi connectivity index (χ3n) is 3.41. The van der Waals surface area contributed by atoms with Crippen molar-refractivity contribution in [3.8, 4) is 28.7 Å². The Kier molecular flexibility index (Phi) is 2.86. The fraction of sp³-hybridized carbons (Fsp3) is 0.133. The molecule has 6 heteroatoms. The number of hydrogen-bond acceptors (Lipinski definition) is 6. The Balaban J connectivity index is 2.07. The second-order valence-electron chi connectivity index (χ2n) is 4.79. The number of phenols is 3. The van der Waals surface area contributed by atoms with Crippen LogP contribution < -0.4 is 9.84 Å². The van der Waals surface area contributed by atoms with Crippen LogP contribution in [0.2, 0.25) is 0 Å². The standard InChI is InChI=1S/C15H12O6/c16-7-1-2-9(11(18)3-7)10-6-21-13-5-8(17)4-12(19)14(13)15(10)20/h1-5,10,16-19H,6H2/p-1. The van der Waals surface area contributed by atoms with E-state index in [-0.39, 0.29) is 40.7 Å². The van der Waals surface area contributed by atoms with E-state index in [1.807, 2.05) is 0 Å². The van der Waals surface area contributed by atoms with Crippen LogP contribution in [0.3, 0.4) is 0 Å². The van der Waals surface area contributed by atoms with Crippen molar-refractivity contribution in [3.05, 3.63) is 41.5 Å². The summed E-state index contributed by atoms with van der Waals surface area (Å²) in [5.74, 6) is -2.55. The molecule has 0 aromatic heterocycles. The Hall–Kier alpha value is -2.89. The molecule has 0 saturated carbocycles. The quantitative estimate of drug-likeness (QED) is 0.727. The number of rotatable bonds is 1. The Morgan fingerprint density at radius 2 is 1.86 bits per heavy atom. The second kappa shape index (κ2) is 4.59. The van der Waals surface area contributed by atoms with E-state index in [1.54, 1.807) is 0 Å². The van der Waals surface area contributed by atoms with E-state index in [2.05, 4.69) is 0 Å². The first-order valence-electron chi connectivity index (χ1n) is 6.20. The van der Waals surface area contributed by atoms with E-state index in [1.165, 1.54) is 18.2 Å². The predicted molar refractivity (Wildman–Crippen MR) is 69.9 cm³/mol. The lowest BCUT2D eigenvalue weighted by atomic mass is 9.88. The van der Waals surface area contributed by atoms with Crippen molar-refractivity contribution in [1.29, 1.82) is 0 Å². The third-order valence-corrected chi connectivity index (χ3v) is 3.41. The van der Waals surface area contributed by atoms with Crippen molar-refractivity contribution in [2.75, 3.05) is 6.61 Å². The van der Waals surface area contributed by atoms with E-state index >= 15 is 0 Å². The first-order chi connectivity index (χ1) is 9.97. The van der Waals surface area contributed by atoms with Crippen LogP contribution in [0.5, 0.6) is 28.7 Å². The third kappa shape index (κ3) is 2.10. The molecule has 1 aliphatic rings. The van der Waals surface area contributed by atoms with Gasteiger partial charge in [-0.05, 0) is 12.1 Å². The molecule has 0 aliphatic carbocycles. The highest BCUT2D eigenvalue weighted by molar-refractivity contribution is 6.06. The van der Waals surface area contributed by atoms with Gasteiger partial charge in [0, 0.05) is 17.7 Å². The molecule has 1 unspecified atom stereocenters. The molecule has 108 valence electrons. The molecule has 2 aromatic carbocycles. The van der Waals surface area contributed by atoms with Crippen LogP contribution in [-0.4, -0.2) is 27.7 Å². The zero-order valence-corrected chi connectivity index (χ0v) is 10.7. The Bertz CT molecular complexity index is 737. The summed E-state index contributed by atoms with van der Waals surface area (Å²) in [4.78, 5) is 12.5. The Labute approximate surface area is 119 Å². The van der Waals surface area contributed by atoms with Crippen molar-refractivity contribution in [3.63, 3.8) is 0 Å². The zero-order chi connectivity index (χ0) is 15.1. The van der Waals surface area contributed by atoms with Crippen LogP contribution >= 0.6 is 0 Å². The van der Waals surface area contributed by atoms with Gasteiger partial charge in [0.2, 0.25) is 0 Å². The summed E-state index contributed by atoms with van der Waals surface area (Å²) < 4.78 is 5.35. The lowest BCUT2D eigenvalue weighted by Crippen LogP contribution is -2.27. The molecule has 6 nitrogen and oxygen atoms in total. The largest absolute Gasteiger partial charge is 0.872 e. The number of phenolic OH excluding ortho intramolecular Hbond substituents is 3. The van der Waals surface area contributed by atoms with Gasteiger partial charge in [0.1, 0.15) is 29.6 Å². The first-order valence-corrected chi connectivity index (χ1v) is 6.20. The highest BCUT2D eigenvalue weighted by Crippen LogP contribution is 2.41. The van der Waals surface area contributed by atoms with Gasteiger partial charge in [-0.15, -0.1) is 0 Å². The highest BCUT2D eigenvalue weighted by Gasteiger charge is 2.32. The van der Waals surface area contributed by atoms with Crippen molar-refractivity contribution < 1.29 is 30.0 Å². The SMILES string of the molecule is O=C1c2c([O-])cc(O)cc2OCC1c1ccc(O)cc1O. The van der Waals surface area contributed by atoms with E-state index in [4.69, 9.17) is 4.74 Å². The van der Waals surface area contributed by atoms with Gasteiger partial charge in [0.25, 0.3) is 0 Å². The topological polar surface area (TPSA) is 110 Å². The second-order valence-corrected chi connectivity index (χ2v) is 4.79. The predicted octanol–water partition coefficient (Wildman–Crippen LogP) is 1.24. The molecular weight excluding hydrogens is 276 g/mol. The van der Waals surface area contributed by atoms with Crippen molar-refractivity contribution in [2.24, 2.45) is 0 Å². The minimum Gasteiger partial charge on any atom is -0.872 e. The number of carbonyl (C=O) groups excluding carboxylic acids is 1. The number of aromatic hydroxyl groups is 3. The molecule has 0 saturated heterocycles. The maximum Gasteiger partial charge on any atom is 0.176 e. The molecule has 21 heavy (non-hydrogen) atoms. The molecule has 0 fully saturated rings. The Morgan fingerprint density at radius 3 is 2.57 bits per heavy atom. The highest BCUT2D eigenvalue weighted by atomic mass is 16.5. The van der Waals surface area contributed by atoms with E-state index in [9.17, 15) is 25.2 Å². The van der Waals surface area contributed by atoms with Gasteiger partial charge in [0.15, 0.2) is 5.78 Å². The fourth-order valence-corrected chi connectivity index (χ4v) is 2.41. The average molecular weight is 287 g/mol. The van der Waals surface area contributed by atoms with Gasteiger partial charge < -0.3 is 25.2 Å². The van der Waals surface area contributed by atoms with E-state index in [0.717, 1.165) is 12.1 Å². The van der Waals surface area contributed by atoms with E-state index in [0.29, 0.717) is 0 Å². The van der Waals surface area contributed by atoms with Crippen LogP contribution in [0.1, 0.15) is 21.8 Å². The Morgan fingerprint density at radius 1 is 1.10 bits per heavy atom. The van der Waals surface area contributed by atoms with E-state index < -0.39 is 17.5 Å². The monoisotopic (exact) mass is 287 g/mol. The molecule has 0 bridgehead atoms. The summed E-state index contributed by atoms with van der Waals surface area (Å²) in [6, 6.07) is 6.02. The number of benzene rings is 2. The normalized spacial score (nSPS) is 17.1. The first kappa shape index (κ1) is 13.1. The van der Waals surface area contributed by atoms with Crippen LogP contribution in [0.4, 0.5) is 0 Å². The molecule has 1 aliphatic heterocycles. The number of Topliss-reactive ketones (excluding diaryl/α,β-unsaturated/α-hetero) is 1. The maximum atomic E-state index is 12.5. The lowest BCUT2D eigenvalue weighted by molar-refractivity contribution is -0.269. The van der Waals surface area contributed by atoms with Crippen LogP contribution in [0.25, 0.3) is 0 Å². The number of fused-ring (bicyclic) bond motifs is 1. The zero-order valence-electron chi connectivity index (χ0n) is 10.7. The lowest BCUT2D eigenvalue weighted by Gasteiger charge is -2.28. The molecule has 0 amide bonds. The van der Waals surface area contributed by atoms with Crippen LogP contribution in [0.15, 0.2) is 30.3 Å². The number of hydrogen-bond donors (Lipinski definition) is 3. The fourth-order valence-electron chi connectivity index (χ4n) is 2.41. The summed E-state index contributed by atoms with van der Waals surface area (Å²) in [5.41, 5.74) is 0.132. The van der Waals surface area contributed by atoms with Gasteiger partial charge in [0.05, 0.1) is 11.5 Å². The summed E-state index contributed by atoms with van der Waals surface area (Å²) in [5, 5.41) is 40.3. The smallest absolute Gasteiger partial charge is 0.176 e. The van der Waals surface area contributed by atoms with Crippen molar-refractivity contribution in [2.45, 2.75) is 5.92 Å².